The number of carbonyl (C=O) groups excluding carboxylic acids is 1. The molecule has 0 fully saturated rings. The first kappa shape index (κ1) is 17.5. The zero-order valence-corrected chi connectivity index (χ0v) is 15.7. The summed E-state index contributed by atoms with van der Waals surface area (Å²) < 4.78 is 1.95. The third-order valence-corrected chi connectivity index (χ3v) is 5.21. The van der Waals surface area contributed by atoms with Crippen molar-refractivity contribution in [3.05, 3.63) is 65.1 Å². The summed E-state index contributed by atoms with van der Waals surface area (Å²) in [5.41, 5.74) is 5.16. The lowest BCUT2D eigenvalue weighted by molar-refractivity contribution is 0.0706. The van der Waals surface area contributed by atoms with Gasteiger partial charge in [-0.2, -0.15) is 0 Å². The molecule has 3 heterocycles. The Bertz CT molecular complexity index is 1150. The molecule has 9 heteroatoms. The molecule has 3 aromatic heterocycles. The lowest BCUT2D eigenvalue weighted by Crippen LogP contribution is -2.18. The summed E-state index contributed by atoms with van der Waals surface area (Å²) >= 11 is 7.70. The van der Waals surface area contributed by atoms with Gasteiger partial charge in [-0.15, -0.1) is 0 Å². The second-order valence-corrected chi connectivity index (χ2v) is 7.21. The number of benzene rings is 1. The summed E-state index contributed by atoms with van der Waals surface area (Å²) in [6.45, 7) is 1.93. The van der Waals surface area contributed by atoms with E-state index in [-0.39, 0.29) is 0 Å². The van der Waals surface area contributed by atoms with Gasteiger partial charge in [-0.25, -0.2) is 15.4 Å². The Morgan fingerprint density at radius 1 is 1.30 bits per heavy atom. The molecule has 27 heavy (non-hydrogen) atoms. The van der Waals surface area contributed by atoms with Gasteiger partial charge in [0.15, 0.2) is 10.8 Å². The van der Waals surface area contributed by atoms with Crippen molar-refractivity contribution < 1.29 is 10.0 Å². The average molecular weight is 400 g/mol. The number of hydrogen-bond donors (Lipinski definition) is 3. The van der Waals surface area contributed by atoms with Gasteiger partial charge in [-0.05, 0) is 37.3 Å². The van der Waals surface area contributed by atoms with Crippen molar-refractivity contribution in [3.8, 4) is 10.6 Å². The fourth-order valence-electron chi connectivity index (χ4n) is 2.81. The van der Waals surface area contributed by atoms with E-state index in [0.29, 0.717) is 27.1 Å². The van der Waals surface area contributed by atoms with E-state index in [1.807, 2.05) is 35.7 Å². The molecule has 1 amide bonds. The van der Waals surface area contributed by atoms with Crippen LogP contribution in [0.15, 0.2) is 48.8 Å². The van der Waals surface area contributed by atoms with E-state index in [9.17, 15) is 4.79 Å². The van der Waals surface area contributed by atoms with Crippen LogP contribution in [0.5, 0.6) is 0 Å². The Morgan fingerprint density at radius 3 is 2.96 bits per heavy atom. The Balaban J connectivity index is 1.66. The van der Waals surface area contributed by atoms with Gasteiger partial charge >= 0.3 is 0 Å². The van der Waals surface area contributed by atoms with Crippen LogP contribution < -0.4 is 10.8 Å². The maximum atomic E-state index is 11.5. The van der Waals surface area contributed by atoms with Crippen LogP contribution in [0.25, 0.3) is 16.2 Å². The van der Waals surface area contributed by atoms with E-state index in [1.165, 1.54) is 11.3 Å². The van der Waals surface area contributed by atoms with Gasteiger partial charge in [-0.1, -0.05) is 29.0 Å². The van der Waals surface area contributed by atoms with Gasteiger partial charge in [0.25, 0.3) is 5.91 Å². The van der Waals surface area contributed by atoms with Crippen LogP contribution in [0.3, 0.4) is 0 Å². The van der Waals surface area contributed by atoms with Crippen LogP contribution in [0.1, 0.15) is 16.1 Å². The summed E-state index contributed by atoms with van der Waals surface area (Å²) in [5, 5.41) is 13.2. The second kappa shape index (κ2) is 6.99. The van der Waals surface area contributed by atoms with Gasteiger partial charge in [0.05, 0.1) is 21.3 Å². The monoisotopic (exact) mass is 399 g/mol. The van der Waals surface area contributed by atoms with Crippen molar-refractivity contribution in [2.75, 3.05) is 5.32 Å². The third kappa shape index (κ3) is 3.25. The summed E-state index contributed by atoms with van der Waals surface area (Å²) in [5.74, 6) is -0.572. The molecule has 0 aliphatic rings. The van der Waals surface area contributed by atoms with Gasteiger partial charge in [0.1, 0.15) is 0 Å². The summed E-state index contributed by atoms with van der Waals surface area (Å²) in [4.78, 5) is 21.4. The van der Waals surface area contributed by atoms with Crippen molar-refractivity contribution >= 4 is 45.3 Å². The second-order valence-electron chi connectivity index (χ2n) is 5.77. The number of anilines is 2. The summed E-state index contributed by atoms with van der Waals surface area (Å²) in [6, 6.07) is 10.5. The molecule has 0 atom stereocenters. The Morgan fingerprint density at radius 2 is 2.15 bits per heavy atom. The number of nitrogens with one attached hydrogen (secondary N) is 2. The molecule has 0 saturated heterocycles. The molecule has 0 saturated carbocycles. The fourth-order valence-corrected chi connectivity index (χ4v) is 3.95. The fraction of sp³-hybridized carbons (Fsp3) is 0.0556. The quantitative estimate of drug-likeness (QED) is 0.352. The number of imidazole rings is 1. The van der Waals surface area contributed by atoms with Crippen LogP contribution in [0, 0.1) is 6.92 Å². The van der Waals surface area contributed by atoms with Crippen molar-refractivity contribution in [1.29, 1.82) is 0 Å². The smallest absolute Gasteiger partial charge is 0.274 e. The molecular weight excluding hydrogens is 386 g/mol. The Labute approximate surface area is 163 Å². The van der Waals surface area contributed by atoms with E-state index in [4.69, 9.17) is 16.8 Å². The maximum absolute atomic E-state index is 11.5. The molecule has 0 bridgehead atoms. The van der Waals surface area contributed by atoms with E-state index >= 15 is 0 Å². The number of aromatic nitrogens is 3. The highest BCUT2D eigenvalue weighted by molar-refractivity contribution is 7.18. The summed E-state index contributed by atoms with van der Waals surface area (Å²) in [6.07, 6.45) is 3.69. The first-order valence-corrected chi connectivity index (χ1v) is 9.17. The standard InChI is InChI=1S/C18H14ClN5O2S/c1-10-15(24-7-3-6-13(19)16(24)21-10)14-9-20-18(27-14)22-12-5-2-4-11(8-12)17(25)23-26/h2-9,26H,1H3,(H,20,22)(H,23,25). The SMILES string of the molecule is Cc1nc2c(Cl)cccn2c1-c1cnc(Nc2cccc(C(=O)NO)c2)s1. The molecule has 0 aliphatic heterocycles. The van der Waals surface area contributed by atoms with Crippen LogP contribution in [-0.4, -0.2) is 25.5 Å². The highest BCUT2D eigenvalue weighted by atomic mass is 35.5. The number of amides is 1. The number of carbonyl (C=O) groups is 1. The van der Waals surface area contributed by atoms with E-state index in [1.54, 1.807) is 29.9 Å². The minimum absolute atomic E-state index is 0.339. The molecule has 3 N–H and O–H groups in total. The van der Waals surface area contributed by atoms with Crippen LogP contribution in [0.2, 0.25) is 5.02 Å². The van der Waals surface area contributed by atoms with E-state index in [0.717, 1.165) is 16.3 Å². The first-order chi connectivity index (χ1) is 13.1. The third-order valence-electron chi connectivity index (χ3n) is 3.99. The zero-order chi connectivity index (χ0) is 19.0. The highest BCUT2D eigenvalue weighted by Gasteiger charge is 2.15. The van der Waals surface area contributed by atoms with Crippen LogP contribution >= 0.6 is 22.9 Å². The molecule has 0 radical (unpaired) electrons. The minimum atomic E-state index is -0.572. The molecule has 0 unspecified atom stereocenters. The van der Waals surface area contributed by atoms with Crippen molar-refractivity contribution in [2.45, 2.75) is 6.92 Å². The molecule has 4 rings (SSSR count). The number of nitrogens with zero attached hydrogens (tertiary/aromatic N) is 3. The summed E-state index contributed by atoms with van der Waals surface area (Å²) in [7, 11) is 0. The number of aryl methyl sites for hydroxylation is 1. The number of fused-ring (bicyclic) bond motifs is 1. The average Bonchev–Trinajstić information content (AvgIpc) is 3.25. The van der Waals surface area contributed by atoms with Crippen molar-refractivity contribution in [2.24, 2.45) is 0 Å². The normalized spacial score (nSPS) is 10.9. The predicted octanol–water partition coefficient (Wildman–Crippen LogP) is 4.28. The van der Waals surface area contributed by atoms with E-state index in [2.05, 4.69) is 15.3 Å². The number of thiazole rings is 1. The highest BCUT2D eigenvalue weighted by Crippen LogP contribution is 2.34. The number of halogens is 1. The molecule has 0 spiro atoms. The van der Waals surface area contributed by atoms with Gasteiger partial charge in [0.2, 0.25) is 0 Å². The van der Waals surface area contributed by atoms with Gasteiger partial charge in [-0.3, -0.25) is 14.4 Å². The van der Waals surface area contributed by atoms with Crippen LogP contribution in [-0.2, 0) is 0 Å². The number of pyridine rings is 1. The first-order valence-electron chi connectivity index (χ1n) is 7.97. The molecule has 4 aromatic rings. The van der Waals surface area contributed by atoms with Crippen molar-refractivity contribution in [3.63, 3.8) is 0 Å². The van der Waals surface area contributed by atoms with Gasteiger partial charge < -0.3 is 5.32 Å². The topological polar surface area (TPSA) is 91.5 Å². The molecule has 7 nitrogen and oxygen atoms in total. The molecule has 0 aliphatic carbocycles. The minimum Gasteiger partial charge on any atom is -0.332 e. The Kier molecular flexibility index (Phi) is 4.53. The van der Waals surface area contributed by atoms with Crippen LogP contribution in [0.4, 0.5) is 10.8 Å². The predicted molar refractivity (Wildman–Crippen MR) is 105 cm³/mol. The molecular formula is C18H14ClN5O2S. The number of rotatable bonds is 4. The maximum Gasteiger partial charge on any atom is 0.274 e. The van der Waals surface area contributed by atoms with E-state index < -0.39 is 5.91 Å². The molecule has 1 aromatic carbocycles. The van der Waals surface area contributed by atoms with Gasteiger partial charge in [0, 0.05) is 23.6 Å². The number of hydrogen-bond acceptors (Lipinski definition) is 6. The lowest BCUT2D eigenvalue weighted by Gasteiger charge is -2.04. The zero-order valence-electron chi connectivity index (χ0n) is 14.1. The van der Waals surface area contributed by atoms with Crippen molar-refractivity contribution in [1.82, 2.24) is 19.8 Å². The number of hydroxylamine groups is 1. The Hall–Kier alpha value is -2.94. The molecule has 136 valence electrons. The largest absolute Gasteiger partial charge is 0.332 e. The lowest BCUT2D eigenvalue weighted by atomic mass is 10.2.